The van der Waals surface area contributed by atoms with Gasteiger partial charge in [-0.2, -0.15) is 0 Å². The molecule has 0 fully saturated rings. The number of carbonyl (C=O) groups excluding carboxylic acids is 1. The molecule has 0 radical (unpaired) electrons. The van der Waals surface area contributed by atoms with E-state index in [0.29, 0.717) is 5.69 Å². The van der Waals surface area contributed by atoms with Crippen molar-refractivity contribution in [1.29, 1.82) is 0 Å². The number of carbonyl (C=O) groups is 1. The predicted molar refractivity (Wildman–Crippen MR) is 99.6 cm³/mol. The molecule has 4 N–H and O–H groups in total. The lowest BCUT2D eigenvalue weighted by Gasteiger charge is -2.12. The van der Waals surface area contributed by atoms with Crippen LogP contribution in [-0.2, 0) is 20.0 Å². The average Bonchev–Trinajstić information content (AvgIpc) is 2.60. The molecule has 0 aliphatic rings. The van der Waals surface area contributed by atoms with Gasteiger partial charge in [0.15, 0.2) is 0 Å². The maximum atomic E-state index is 12.4. The molecular formula is C16H19N3O6S2. The van der Waals surface area contributed by atoms with Crippen molar-refractivity contribution in [2.24, 2.45) is 5.14 Å². The van der Waals surface area contributed by atoms with Crippen molar-refractivity contribution in [3.63, 3.8) is 0 Å². The van der Waals surface area contributed by atoms with E-state index >= 15 is 0 Å². The summed E-state index contributed by atoms with van der Waals surface area (Å²) in [5, 5.41) is 7.57. The maximum absolute atomic E-state index is 12.4. The minimum Gasteiger partial charge on any atom is -0.495 e. The van der Waals surface area contributed by atoms with Crippen LogP contribution in [0.5, 0.6) is 5.75 Å². The van der Waals surface area contributed by atoms with Crippen LogP contribution in [-0.4, -0.2) is 36.4 Å². The molecule has 2 aromatic rings. The van der Waals surface area contributed by atoms with E-state index in [1.165, 1.54) is 49.6 Å². The van der Waals surface area contributed by atoms with E-state index in [1.54, 1.807) is 6.92 Å². The smallest absolute Gasteiger partial charge is 0.255 e. The molecule has 0 bridgehead atoms. The zero-order chi connectivity index (χ0) is 20.2. The average molecular weight is 413 g/mol. The fraction of sp³-hybridized carbons (Fsp3) is 0.188. The summed E-state index contributed by atoms with van der Waals surface area (Å²) in [7, 11) is -6.35. The van der Waals surface area contributed by atoms with Gasteiger partial charge in [0.1, 0.15) is 10.6 Å². The molecule has 1 amide bonds. The molecule has 0 aromatic heterocycles. The molecular weight excluding hydrogens is 394 g/mol. The Morgan fingerprint density at radius 3 is 2.22 bits per heavy atom. The van der Waals surface area contributed by atoms with E-state index < -0.39 is 26.0 Å². The number of benzene rings is 2. The molecule has 0 spiro atoms. The van der Waals surface area contributed by atoms with Crippen molar-refractivity contribution in [3.05, 3.63) is 48.0 Å². The highest BCUT2D eigenvalue weighted by Gasteiger charge is 2.21. The summed E-state index contributed by atoms with van der Waals surface area (Å²) in [5.41, 5.74) is 0.405. The second-order valence-corrected chi connectivity index (χ2v) is 8.69. The molecule has 0 heterocycles. The maximum Gasteiger partial charge on any atom is 0.255 e. The minimum absolute atomic E-state index is 0.0859. The van der Waals surface area contributed by atoms with E-state index in [1.807, 2.05) is 0 Å². The molecule has 0 aliphatic heterocycles. The number of anilines is 1. The van der Waals surface area contributed by atoms with E-state index in [4.69, 9.17) is 9.88 Å². The third-order valence-electron chi connectivity index (χ3n) is 3.49. The molecule has 0 saturated carbocycles. The first-order valence-electron chi connectivity index (χ1n) is 7.70. The van der Waals surface area contributed by atoms with Crippen LogP contribution in [0.15, 0.2) is 52.3 Å². The van der Waals surface area contributed by atoms with Gasteiger partial charge in [0.05, 0.1) is 12.0 Å². The van der Waals surface area contributed by atoms with Gasteiger partial charge < -0.3 is 10.1 Å². The Hall–Kier alpha value is -2.47. The number of hydrogen-bond donors (Lipinski definition) is 3. The molecule has 27 heavy (non-hydrogen) atoms. The van der Waals surface area contributed by atoms with Crippen LogP contribution in [0.3, 0.4) is 0 Å². The second-order valence-electron chi connectivity index (χ2n) is 5.39. The molecule has 2 rings (SSSR count). The molecule has 11 heteroatoms. The highest BCUT2D eigenvalue weighted by Crippen LogP contribution is 2.25. The lowest BCUT2D eigenvalue weighted by atomic mass is 10.2. The summed E-state index contributed by atoms with van der Waals surface area (Å²) in [5.74, 6) is -0.473. The SMILES string of the molecule is CCNS(=O)(=O)c1cc(C(=O)Nc2ccc(S(N)(=O)=O)cc2)ccc1OC. The van der Waals surface area contributed by atoms with E-state index in [9.17, 15) is 21.6 Å². The molecule has 0 aliphatic carbocycles. The molecule has 9 nitrogen and oxygen atoms in total. The van der Waals surface area contributed by atoms with Gasteiger partial charge in [-0.3, -0.25) is 4.79 Å². The van der Waals surface area contributed by atoms with E-state index in [0.717, 1.165) is 0 Å². The van der Waals surface area contributed by atoms with Crippen molar-refractivity contribution < 1.29 is 26.4 Å². The third-order valence-corrected chi connectivity index (χ3v) is 5.99. The van der Waals surface area contributed by atoms with Crippen LogP contribution in [0.4, 0.5) is 5.69 Å². The summed E-state index contributed by atoms with van der Waals surface area (Å²) in [6.07, 6.45) is 0. The molecule has 2 aromatic carbocycles. The fourth-order valence-corrected chi connectivity index (χ4v) is 3.98. The number of hydrogen-bond acceptors (Lipinski definition) is 6. The number of amides is 1. The van der Waals surface area contributed by atoms with Gasteiger partial charge >= 0.3 is 0 Å². The van der Waals surface area contributed by atoms with Crippen molar-refractivity contribution in [3.8, 4) is 5.75 Å². The number of primary sulfonamides is 1. The number of sulfonamides is 2. The fourth-order valence-electron chi connectivity index (χ4n) is 2.23. The van der Waals surface area contributed by atoms with Crippen molar-refractivity contribution >= 4 is 31.6 Å². The Kier molecular flexibility index (Phi) is 6.21. The van der Waals surface area contributed by atoms with Gasteiger partial charge in [0, 0.05) is 17.8 Å². The third kappa shape index (κ3) is 5.04. The van der Waals surface area contributed by atoms with Crippen LogP contribution >= 0.6 is 0 Å². The van der Waals surface area contributed by atoms with Crippen molar-refractivity contribution in [2.75, 3.05) is 19.0 Å². The first-order chi connectivity index (χ1) is 12.6. The predicted octanol–water partition coefficient (Wildman–Crippen LogP) is 0.893. The first-order valence-corrected chi connectivity index (χ1v) is 10.7. The summed E-state index contributed by atoms with van der Waals surface area (Å²) >= 11 is 0. The monoisotopic (exact) mass is 413 g/mol. The Bertz CT molecular complexity index is 1050. The lowest BCUT2D eigenvalue weighted by Crippen LogP contribution is -2.24. The van der Waals surface area contributed by atoms with Gasteiger partial charge in [0.25, 0.3) is 5.91 Å². The largest absolute Gasteiger partial charge is 0.495 e. The lowest BCUT2D eigenvalue weighted by molar-refractivity contribution is 0.102. The number of nitrogens with two attached hydrogens (primary N) is 1. The standard InChI is InChI=1S/C16H19N3O6S2/c1-3-18-27(23,24)15-10-11(4-9-14(15)25-2)16(20)19-12-5-7-13(8-6-12)26(17,21)22/h4-10,18H,3H2,1-2H3,(H,19,20)(H2,17,21,22). The summed E-state index contributed by atoms with van der Waals surface area (Å²) in [4.78, 5) is 12.2. The topological polar surface area (TPSA) is 145 Å². The van der Waals surface area contributed by atoms with Crippen LogP contribution in [0, 0.1) is 0 Å². The highest BCUT2D eigenvalue weighted by atomic mass is 32.2. The Morgan fingerprint density at radius 1 is 1.07 bits per heavy atom. The van der Waals surface area contributed by atoms with Gasteiger partial charge in [-0.05, 0) is 42.5 Å². The minimum atomic E-state index is -3.84. The van der Waals surface area contributed by atoms with Crippen molar-refractivity contribution in [1.82, 2.24) is 4.72 Å². The van der Waals surface area contributed by atoms with E-state index in [-0.39, 0.29) is 27.6 Å². The number of ether oxygens (including phenoxy) is 1. The first kappa shape index (κ1) is 20.8. The van der Waals surface area contributed by atoms with Gasteiger partial charge in [-0.25, -0.2) is 26.7 Å². The second kappa shape index (κ2) is 8.05. The number of rotatable bonds is 7. The Labute approximate surface area is 157 Å². The normalized spacial score (nSPS) is 11.8. The summed E-state index contributed by atoms with van der Waals surface area (Å²) in [6, 6.07) is 9.24. The van der Waals surface area contributed by atoms with E-state index in [2.05, 4.69) is 10.0 Å². The zero-order valence-corrected chi connectivity index (χ0v) is 16.2. The zero-order valence-electron chi connectivity index (χ0n) is 14.6. The number of methoxy groups -OCH3 is 1. The summed E-state index contributed by atoms with van der Waals surface area (Å²) in [6.45, 7) is 1.81. The van der Waals surface area contributed by atoms with Gasteiger partial charge in [0.2, 0.25) is 20.0 Å². The Morgan fingerprint density at radius 2 is 1.70 bits per heavy atom. The molecule has 0 saturated heterocycles. The number of nitrogens with one attached hydrogen (secondary N) is 2. The highest BCUT2D eigenvalue weighted by molar-refractivity contribution is 7.89. The quantitative estimate of drug-likeness (QED) is 0.615. The van der Waals surface area contributed by atoms with Crippen LogP contribution < -0.4 is 19.9 Å². The Balaban J connectivity index is 2.31. The van der Waals surface area contributed by atoms with Gasteiger partial charge in [-0.15, -0.1) is 0 Å². The van der Waals surface area contributed by atoms with Crippen molar-refractivity contribution in [2.45, 2.75) is 16.7 Å². The molecule has 146 valence electrons. The van der Waals surface area contributed by atoms with Crippen LogP contribution in [0.1, 0.15) is 17.3 Å². The van der Waals surface area contributed by atoms with Crippen LogP contribution in [0.25, 0.3) is 0 Å². The van der Waals surface area contributed by atoms with Crippen LogP contribution in [0.2, 0.25) is 0 Å². The summed E-state index contributed by atoms with van der Waals surface area (Å²) < 4.78 is 54.5. The molecule has 0 atom stereocenters. The molecule has 0 unspecified atom stereocenters. The van der Waals surface area contributed by atoms with Gasteiger partial charge in [-0.1, -0.05) is 6.92 Å².